The molecule has 14 heavy (non-hydrogen) atoms. The van der Waals surface area contributed by atoms with Crippen molar-refractivity contribution in [3.05, 3.63) is 0 Å². The zero-order valence-corrected chi connectivity index (χ0v) is 10.9. The van der Waals surface area contributed by atoms with E-state index in [1.54, 1.807) is 0 Å². The van der Waals surface area contributed by atoms with Crippen LogP contribution in [0.15, 0.2) is 0 Å². The highest BCUT2D eigenvalue weighted by molar-refractivity contribution is 7.84. The zero-order valence-electron chi connectivity index (χ0n) is 10.0. The summed E-state index contributed by atoms with van der Waals surface area (Å²) in [5, 5.41) is 9.18. The van der Waals surface area contributed by atoms with Crippen LogP contribution in [0.5, 0.6) is 0 Å². The Bertz CT molecular complexity index is 203. The van der Waals surface area contributed by atoms with Gasteiger partial charge in [0.1, 0.15) is 0 Å². The first-order chi connectivity index (χ1) is 6.09. The Morgan fingerprint density at radius 2 is 1.64 bits per heavy atom. The molecule has 86 valence electrons. The Kier molecular flexibility index (Phi) is 4.75. The van der Waals surface area contributed by atoms with E-state index in [0.29, 0.717) is 0 Å². The van der Waals surface area contributed by atoms with Gasteiger partial charge in [0, 0.05) is 6.04 Å². The maximum Gasteiger partial charge on any atom is 0.0973 e. The first-order valence-corrected chi connectivity index (χ1v) is 6.03. The Morgan fingerprint density at radius 1 is 1.21 bits per heavy atom. The van der Waals surface area contributed by atoms with E-state index >= 15 is 0 Å². The predicted molar refractivity (Wildman–Crippen MR) is 61.4 cm³/mol. The molecule has 3 nitrogen and oxygen atoms in total. The number of hydrogen-bond donors (Lipinski definition) is 2. The van der Waals surface area contributed by atoms with Crippen molar-refractivity contribution in [2.24, 2.45) is 5.41 Å². The number of rotatable bonds is 3. The second kappa shape index (κ2) is 4.73. The summed E-state index contributed by atoms with van der Waals surface area (Å²) < 4.78 is 14.4. The molecule has 0 amide bonds. The second-order valence-electron chi connectivity index (χ2n) is 5.60. The average Bonchev–Trinajstić information content (AvgIpc) is 1.95. The van der Waals surface area contributed by atoms with Gasteiger partial charge >= 0.3 is 0 Å². The van der Waals surface area contributed by atoms with Crippen LogP contribution in [-0.2, 0) is 11.0 Å². The molecule has 0 spiro atoms. The molecule has 0 aromatic rings. The van der Waals surface area contributed by atoms with Gasteiger partial charge in [0.05, 0.1) is 22.3 Å². The Labute approximate surface area is 89.9 Å². The van der Waals surface area contributed by atoms with E-state index in [2.05, 4.69) is 4.72 Å². The number of nitrogens with one attached hydrogen (secondary N) is 1. The topological polar surface area (TPSA) is 49.3 Å². The molecule has 4 heteroatoms. The third kappa shape index (κ3) is 4.53. The van der Waals surface area contributed by atoms with Crippen LogP contribution < -0.4 is 4.72 Å². The van der Waals surface area contributed by atoms with E-state index in [9.17, 15) is 9.32 Å². The standard InChI is InChI=1S/C10H23NO2S/c1-9(2,3)8(7-12)11-14(13)10(4,5)6/h8,11-12H,7H2,1-6H3/t8-,14+/m0/s1. The van der Waals surface area contributed by atoms with Crippen LogP contribution in [0.3, 0.4) is 0 Å². The van der Waals surface area contributed by atoms with Crippen LogP contribution >= 0.6 is 0 Å². The van der Waals surface area contributed by atoms with Crippen LogP contribution in [0.1, 0.15) is 41.5 Å². The van der Waals surface area contributed by atoms with Crippen LogP contribution in [0.4, 0.5) is 0 Å². The van der Waals surface area contributed by atoms with Gasteiger partial charge in [0.25, 0.3) is 0 Å². The van der Waals surface area contributed by atoms with Crippen molar-refractivity contribution in [3.63, 3.8) is 0 Å². The second-order valence-corrected chi connectivity index (χ2v) is 7.60. The average molecular weight is 221 g/mol. The van der Waals surface area contributed by atoms with E-state index in [1.807, 2.05) is 41.5 Å². The molecule has 2 atom stereocenters. The third-order valence-electron chi connectivity index (χ3n) is 2.03. The van der Waals surface area contributed by atoms with Gasteiger partial charge in [-0.25, -0.2) is 8.93 Å². The summed E-state index contributed by atoms with van der Waals surface area (Å²) in [6, 6.07) is -0.137. The van der Waals surface area contributed by atoms with Crippen LogP contribution in [0.2, 0.25) is 0 Å². The predicted octanol–water partition coefficient (Wildman–Crippen LogP) is 1.45. The lowest BCUT2D eigenvalue weighted by molar-refractivity contribution is 0.178. The minimum absolute atomic E-state index is 0.00528. The monoisotopic (exact) mass is 221 g/mol. The molecule has 0 unspecified atom stereocenters. The first-order valence-electron chi connectivity index (χ1n) is 4.88. The molecule has 0 aliphatic carbocycles. The lowest BCUT2D eigenvalue weighted by Gasteiger charge is -2.31. The van der Waals surface area contributed by atoms with Crippen molar-refractivity contribution in [1.29, 1.82) is 0 Å². The lowest BCUT2D eigenvalue weighted by Crippen LogP contribution is -2.48. The smallest absolute Gasteiger partial charge is 0.0973 e. The van der Waals surface area contributed by atoms with Gasteiger partial charge in [0.15, 0.2) is 0 Å². The van der Waals surface area contributed by atoms with E-state index in [-0.39, 0.29) is 22.8 Å². The molecule has 0 radical (unpaired) electrons. The van der Waals surface area contributed by atoms with Gasteiger partial charge in [-0.05, 0) is 26.2 Å². The van der Waals surface area contributed by atoms with Crippen molar-refractivity contribution in [3.8, 4) is 0 Å². The van der Waals surface area contributed by atoms with E-state index in [0.717, 1.165) is 0 Å². The molecule has 0 aromatic carbocycles. The molecular formula is C10H23NO2S. The van der Waals surface area contributed by atoms with Gasteiger partial charge < -0.3 is 5.11 Å². The lowest BCUT2D eigenvalue weighted by atomic mass is 9.88. The Hall–Kier alpha value is 0.0700. The minimum atomic E-state index is -1.12. The van der Waals surface area contributed by atoms with Gasteiger partial charge in [-0.2, -0.15) is 0 Å². The summed E-state index contributed by atoms with van der Waals surface area (Å²) in [5.74, 6) is 0. The molecule has 0 aliphatic rings. The van der Waals surface area contributed by atoms with Crippen molar-refractivity contribution < 1.29 is 9.32 Å². The number of hydrogen-bond acceptors (Lipinski definition) is 2. The maximum atomic E-state index is 11.8. The quantitative estimate of drug-likeness (QED) is 0.758. The molecule has 0 aliphatic heterocycles. The highest BCUT2D eigenvalue weighted by atomic mass is 32.2. The maximum absolute atomic E-state index is 11.8. The summed E-state index contributed by atoms with van der Waals surface area (Å²) in [5.41, 5.74) is -0.0876. The van der Waals surface area contributed by atoms with E-state index in [1.165, 1.54) is 0 Å². The number of aliphatic hydroxyl groups excluding tert-OH is 1. The number of aliphatic hydroxyl groups is 1. The van der Waals surface area contributed by atoms with Crippen LogP contribution in [0, 0.1) is 5.41 Å². The fraction of sp³-hybridized carbons (Fsp3) is 1.00. The highest BCUT2D eigenvalue weighted by Crippen LogP contribution is 2.20. The van der Waals surface area contributed by atoms with Crippen molar-refractivity contribution in [1.82, 2.24) is 4.72 Å². The molecule has 2 N–H and O–H groups in total. The molecule has 0 bridgehead atoms. The summed E-state index contributed by atoms with van der Waals surface area (Å²) in [7, 11) is -1.12. The highest BCUT2D eigenvalue weighted by Gasteiger charge is 2.29. The molecule has 0 rings (SSSR count). The van der Waals surface area contributed by atoms with Gasteiger partial charge in [-0.1, -0.05) is 20.8 Å². The summed E-state index contributed by atoms with van der Waals surface area (Å²) >= 11 is 0. The van der Waals surface area contributed by atoms with E-state index < -0.39 is 11.0 Å². The van der Waals surface area contributed by atoms with Gasteiger partial charge in [-0.3, -0.25) is 0 Å². The SMILES string of the molecule is CC(C)(C)[C@H](CO)N[S@](=O)C(C)(C)C. The van der Waals surface area contributed by atoms with Crippen LogP contribution in [-0.4, -0.2) is 26.7 Å². The molecule has 0 saturated carbocycles. The molecular weight excluding hydrogens is 198 g/mol. The van der Waals surface area contributed by atoms with Gasteiger partial charge in [-0.15, -0.1) is 0 Å². The largest absolute Gasteiger partial charge is 0.395 e. The Balaban J connectivity index is 4.43. The fourth-order valence-corrected chi connectivity index (χ4v) is 1.83. The summed E-state index contributed by atoms with van der Waals surface area (Å²) in [6.07, 6.45) is 0. The van der Waals surface area contributed by atoms with Crippen molar-refractivity contribution in [2.45, 2.75) is 52.3 Å². The van der Waals surface area contributed by atoms with E-state index in [4.69, 9.17) is 0 Å². The van der Waals surface area contributed by atoms with Crippen LogP contribution in [0.25, 0.3) is 0 Å². The minimum Gasteiger partial charge on any atom is -0.395 e. The van der Waals surface area contributed by atoms with Crippen molar-refractivity contribution >= 4 is 11.0 Å². The molecule has 0 aromatic heterocycles. The molecule has 0 fully saturated rings. The van der Waals surface area contributed by atoms with Crippen molar-refractivity contribution in [2.75, 3.05) is 6.61 Å². The third-order valence-corrected chi connectivity index (χ3v) is 3.64. The summed E-state index contributed by atoms with van der Waals surface area (Å²) in [6.45, 7) is 11.8. The first kappa shape index (κ1) is 14.1. The molecule has 0 saturated heterocycles. The zero-order chi connectivity index (χ0) is 11.6. The molecule has 0 heterocycles. The Morgan fingerprint density at radius 3 is 1.86 bits per heavy atom. The van der Waals surface area contributed by atoms with Gasteiger partial charge in [0.2, 0.25) is 0 Å². The summed E-state index contributed by atoms with van der Waals surface area (Å²) in [4.78, 5) is 0. The normalized spacial score (nSPS) is 17.9. The fourth-order valence-electron chi connectivity index (χ4n) is 0.794.